The van der Waals surface area contributed by atoms with Gasteiger partial charge in [0, 0.05) is 28.6 Å². The Morgan fingerprint density at radius 2 is 1.96 bits per heavy atom. The molecule has 0 spiro atoms. The monoisotopic (exact) mass is 343 g/mol. The minimum absolute atomic E-state index is 0.0767. The maximum absolute atomic E-state index is 12.2. The van der Waals surface area contributed by atoms with E-state index in [1.807, 2.05) is 34.6 Å². The lowest BCUT2D eigenvalue weighted by Gasteiger charge is -2.15. The van der Waals surface area contributed by atoms with Crippen LogP contribution in [0.1, 0.15) is 56.6 Å². The van der Waals surface area contributed by atoms with Crippen LogP contribution in [0.15, 0.2) is 16.6 Å². The van der Waals surface area contributed by atoms with Gasteiger partial charge >= 0.3 is 0 Å². The molecule has 0 saturated heterocycles. The molecule has 0 saturated carbocycles. The molecule has 1 heterocycles. The quantitative estimate of drug-likeness (QED) is 0.745. The van der Waals surface area contributed by atoms with Crippen molar-refractivity contribution in [1.82, 2.24) is 5.32 Å². The normalized spacial score (nSPS) is 13.2. The van der Waals surface area contributed by atoms with Crippen molar-refractivity contribution in [2.45, 2.75) is 60.9 Å². The van der Waals surface area contributed by atoms with Gasteiger partial charge in [0.15, 0.2) is 0 Å². The van der Waals surface area contributed by atoms with E-state index in [9.17, 15) is 4.79 Å². The topological polar surface area (TPSA) is 51.5 Å². The molecule has 1 atom stereocenters. The van der Waals surface area contributed by atoms with Gasteiger partial charge in [-0.2, -0.15) is 0 Å². The molecule has 2 rings (SSSR count). The lowest BCUT2D eigenvalue weighted by atomic mass is 9.98. The van der Waals surface area contributed by atoms with E-state index in [-0.39, 0.29) is 11.9 Å². The van der Waals surface area contributed by atoms with E-state index < -0.39 is 0 Å². The highest BCUT2D eigenvalue weighted by Crippen LogP contribution is 2.38. The van der Waals surface area contributed by atoms with Crippen LogP contribution in [0.5, 0.6) is 5.75 Å². The van der Waals surface area contributed by atoms with E-state index in [0.29, 0.717) is 6.61 Å². The van der Waals surface area contributed by atoms with Gasteiger partial charge in [0.25, 0.3) is 0 Å². The third-order valence-corrected chi connectivity index (χ3v) is 4.71. The van der Waals surface area contributed by atoms with Gasteiger partial charge in [0.05, 0.1) is 6.61 Å². The Morgan fingerprint density at radius 3 is 2.56 bits per heavy atom. The van der Waals surface area contributed by atoms with Crippen molar-refractivity contribution in [2.24, 2.45) is 0 Å². The summed E-state index contributed by atoms with van der Waals surface area (Å²) in [7, 11) is 0. The first-order chi connectivity index (χ1) is 11.8. The minimum atomic E-state index is -0.0767. The second-order valence-electron chi connectivity index (χ2n) is 6.62. The Bertz CT molecular complexity index is 814. The molecule has 4 nitrogen and oxygen atoms in total. The third kappa shape index (κ3) is 3.89. The van der Waals surface area contributed by atoms with E-state index in [4.69, 9.17) is 9.15 Å². The molecule has 0 aliphatic rings. The van der Waals surface area contributed by atoms with Gasteiger partial charge in [0.2, 0.25) is 5.91 Å². The summed E-state index contributed by atoms with van der Waals surface area (Å²) in [6, 6.07) is 2.23. The fraction of sp³-hybridized carbons (Fsp3) is 0.476. The van der Waals surface area contributed by atoms with Crippen molar-refractivity contribution in [3.05, 3.63) is 34.6 Å². The summed E-state index contributed by atoms with van der Waals surface area (Å²) < 4.78 is 11.8. The summed E-state index contributed by atoms with van der Waals surface area (Å²) in [6.07, 6.45) is 2.55. The molecule has 136 valence electrons. The zero-order valence-corrected chi connectivity index (χ0v) is 16.4. The number of carbonyl (C=O) groups excluding carboxylic acids is 1. The van der Waals surface area contributed by atoms with Crippen LogP contribution in [0.2, 0.25) is 0 Å². The Labute approximate surface area is 150 Å². The van der Waals surface area contributed by atoms with Gasteiger partial charge in [0.1, 0.15) is 17.1 Å². The SMILES string of the molecule is CCOc1c(/C(C)=C/C(=O)NC(C)CC)cc2c(C)c(C)oc2c1C. The summed E-state index contributed by atoms with van der Waals surface area (Å²) in [5, 5.41) is 4.05. The molecule has 0 fully saturated rings. The lowest BCUT2D eigenvalue weighted by Crippen LogP contribution is -2.30. The highest BCUT2D eigenvalue weighted by molar-refractivity contribution is 5.98. The Kier molecular flexibility index (Phi) is 5.93. The molecule has 1 amide bonds. The van der Waals surface area contributed by atoms with E-state index >= 15 is 0 Å². The number of ether oxygens (including phenoxy) is 1. The highest BCUT2D eigenvalue weighted by Gasteiger charge is 2.18. The lowest BCUT2D eigenvalue weighted by molar-refractivity contribution is -0.117. The first-order valence-electron chi connectivity index (χ1n) is 8.95. The molecule has 1 aromatic heterocycles. The number of benzene rings is 1. The van der Waals surface area contributed by atoms with Crippen LogP contribution in [-0.2, 0) is 4.79 Å². The third-order valence-electron chi connectivity index (χ3n) is 4.71. The van der Waals surface area contributed by atoms with E-state index in [1.54, 1.807) is 6.08 Å². The Balaban J connectivity index is 2.56. The van der Waals surface area contributed by atoms with Gasteiger partial charge < -0.3 is 14.5 Å². The second kappa shape index (κ2) is 7.77. The fourth-order valence-electron chi connectivity index (χ4n) is 2.90. The smallest absolute Gasteiger partial charge is 0.244 e. The fourth-order valence-corrected chi connectivity index (χ4v) is 2.90. The summed E-state index contributed by atoms with van der Waals surface area (Å²) in [6.45, 7) is 14.5. The average molecular weight is 343 g/mol. The molecule has 4 heteroatoms. The number of rotatable bonds is 6. The van der Waals surface area contributed by atoms with Crippen molar-refractivity contribution in [2.75, 3.05) is 6.61 Å². The van der Waals surface area contributed by atoms with Crippen molar-refractivity contribution >= 4 is 22.4 Å². The van der Waals surface area contributed by atoms with E-state index in [0.717, 1.165) is 51.2 Å². The number of furan rings is 1. The van der Waals surface area contributed by atoms with Crippen LogP contribution in [0.3, 0.4) is 0 Å². The molecule has 1 unspecified atom stereocenters. The summed E-state index contributed by atoms with van der Waals surface area (Å²) in [5.41, 5.74) is 4.78. The second-order valence-corrected chi connectivity index (χ2v) is 6.62. The van der Waals surface area contributed by atoms with Crippen molar-refractivity contribution < 1.29 is 13.9 Å². The van der Waals surface area contributed by atoms with Crippen LogP contribution in [-0.4, -0.2) is 18.6 Å². The van der Waals surface area contributed by atoms with Gasteiger partial charge in [-0.3, -0.25) is 4.79 Å². The van der Waals surface area contributed by atoms with Crippen LogP contribution in [0.4, 0.5) is 0 Å². The average Bonchev–Trinajstić information content (AvgIpc) is 2.85. The molecule has 0 aliphatic heterocycles. The maximum atomic E-state index is 12.2. The molecule has 0 bridgehead atoms. The zero-order valence-electron chi connectivity index (χ0n) is 16.4. The first-order valence-corrected chi connectivity index (χ1v) is 8.95. The number of hydrogen-bond donors (Lipinski definition) is 1. The van der Waals surface area contributed by atoms with Crippen molar-refractivity contribution in [1.29, 1.82) is 0 Å². The summed E-state index contributed by atoms with van der Waals surface area (Å²) >= 11 is 0. The Hall–Kier alpha value is -2.23. The zero-order chi connectivity index (χ0) is 18.7. The van der Waals surface area contributed by atoms with E-state index in [1.165, 1.54) is 0 Å². The van der Waals surface area contributed by atoms with E-state index in [2.05, 4.69) is 25.2 Å². The molecular formula is C21H29NO3. The minimum Gasteiger partial charge on any atom is -0.493 e. The summed E-state index contributed by atoms with van der Waals surface area (Å²) in [4.78, 5) is 12.2. The predicted molar refractivity (Wildman–Crippen MR) is 103 cm³/mol. The number of allylic oxidation sites excluding steroid dienone is 1. The molecule has 1 N–H and O–H groups in total. The molecular weight excluding hydrogens is 314 g/mol. The van der Waals surface area contributed by atoms with Gasteiger partial charge in [-0.1, -0.05) is 6.92 Å². The number of hydrogen-bond acceptors (Lipinski definition) is 3. The number of nitrogens with one attached hydrogen (secondary N) is 1. The van der Waals surface area contributed by atoms with Crippen molar-refractivity contribution in [3.63, 3.8) is 0 Å². The number of fused-ring (bicyclic) bond motifs is 1. The predicted octanol–water partition coefficient (Wildman–Crippen LogP) is 5.07. The molecule has 0 radical (unpaired) electrons. The largest absolute Gasteiger partial charge is 0.493 e. The first kappa shape index (κ1) is 19.1. The highest BCUT2D eigenvalue weighted by atomic mass is 16.5. The van der Waals surface area contributed by atoms with Crippen LogP contribution < -0.4 is 10.1 Å². The van der Waals surface area contributed by atoms with Gasteiger partial charge in [-0.05, 0) is 65.2 Å². The standard InChI is InChI=1S/C21H29NO3/c1-8-13(4)22-19(23)10-12(3)17-11-18-14(5)16(7)25-21(18)15(6)20(17)24-9-2/h10-11,13H,8-9H2,1-7H3,(H,22,23)/b12-10+. The maximum Gasteiger partial charge on any atom is 0.244 e. The van der Waals surface area contributed by atoms with Gasteiger partial charge in [-0.25, -0.2) is 0 Å². The molecule has 2 aromatic rings. The van der Waals surface area contributed by atoms with Crippen LogP contribution in [0, 0.1) is 20.8 Å². The number of carbonyl (C=O) groups is 1. The molecule has 1 aromatic carbocycles. The van der Waals surface area contributed by atoms with Crippen LogP contribution in [0.25, 0.3) is 16.5 Å². The summed E-state index contributed by atoms with van der Waals surface area (Å²) in [5.74, 6) is 1.62. The van der Waals surface area contributed by atoms with Gasteiger partial charge in [-0.15, -0.1) is 0 Å². The Morgan fingerprint density at radius 1 is 1.28 bits per heavy atom. The number of amides is 1. The number of aryl methyl sites for hydroxylation is 3. The van der Waals surface area contributed by atoms with Crippen LogP contribution >= 0.6 is 0 Å². The molecule has 0 aliphatic carbocycles. The van der Waals surface area contributed by atoms with Crippen molar-refractivity contribution in [3.8, 4) is 5.75 Å². The molecule has 25 heavy (non-hydrogen) atoms.